The molecule has 110 valence electrons. The number of hydrogen-bond acceptors (Lipinski definition) is 4. The first-order chi connectivity index (χ1) is 9.12. The van der Waals surface area contributed by atoms with Crippen molar-refractivity contribution in [2.75, 3.05) is 5.73 Å². The average Bonchev–Trinajstić information content (AvgIpc) is 2.46. The van der Waals surface area contributed by atoms with E-state index in [-0.39, 0.29) is 17.7 Å². The molecule has 1 aromatic carbocycles. The summed E-state index contributed by atoms with van der Waals surface area (Å²) < 4.78 is 11.6. The van der Waals surface area contributed by atoms with Gasteiger partial charge in [0.2, 0.25) is 0 Å². The topological polar surface area (TPSA) is 61.6 Å². The number of anilines is 1. The number of aryl methyl sites for hydroxylation is 1. The zero-order valence-electron chi connectivity index (χ0n) is 12.8. The van der Waals surface area contributed by atoms with Crippen LogP contribution in [0.4, 0.5) is 5.69 Å². The van der Waals surface area contributed by atoms with Crippen LogP contribution in [0.15, 0.2) is 18.2 Å². The Labute approximate surface area is 120 Å². The Morgan fingerprint density at radius 3 is 2.50 bits per heavy atom. The number of esters is 1. The third-order valence-corrected chi connectivity index (χ3v) is 3.75. The first kappa shape index (κ1) is 14.9. The lowest BCUT2D eigenvalue weighted by Crippen LogP contribution is -2.36. The van der Waals surface area contributed by atoms with Crippen LogP contribution in [0.5, 0.6) is 0 Å². The summed E-state index contributed by atoms with van der Waals surface area (Å²) in [5.74, 6) is -0.375. The number of nitrogen functional groups attached to an aromatic ring is 1. The fraction of sp³-hybridized carbons (Fsp3) is 0.562. The van der Waals surface area contributed by atoms with Gasteiger partial charge in [-0.1, -0.05) is 12.1 Å². The molecule has 1 unspecified atom stereocenters. The Morgan fingerprint density at radius 2 is 2.00 bits per heavy atom. The lowest BCUT2D eigenvalue weighted by Gasteiger charge is -2.27. The van der Waals surface area contributed by atoms with E-state index >= 15 is 0 Å². The number of nitrogens with two attached hydrogens (primary N) is 1. The molecule has 1 fully saturated rings. The maximum atomic E-state index is 12.4. The molecule has 1 heterocycles. The first-order valence-corrected chi connectivity index (χ1v) is 6.89. The molecule has 20 heavy (non-hydrogen) atoms. The maximum Gasteiger partial charge on any atom is 0.340 e. The number of benzene rings is 1. The van der Waals surface area contributed by atoms with E-state index in [2.05, 4.69) is 0 Å². The number of ether oxygens (including phenoxy) is 2. The summed E-state index contributed by atoms with van der Waals surface area (Å²) in [6, 6.07) is 5.39. The smallest absolute Gasteiger partial charge is 0.340 e. The molecular weight excluding hydrogens is 254 g/mol. The molecule has 2 rings (SSSR count). The van der Waals surface area contributed by atoms with Gasteiger partial charge in [-0.25, -0.2) is 4.79 Å². The van der Waals surface area contributed by atoms with Crippen molar-refractivity contribution in [3.63, 3.8) is 0 Å². The highest BCUT2D eigenvalue weighted by Gasteiger charge is 2.48. The van der Waals surface area contributed by atoms with Crippen LogP contribution >= 0.6 is 0 Å². The largest absolute Gasteiger partial charge is 0.456 e. The number of carbonyl (C=O) groups excluding carboxylic acids is 1. The van der Waals surface area contributed by atoms with Crippen LogP contribution in [0.25, 0.3) is 0 Å². The van der Waals surface area contributed by atoms with Crippen molar-refractivity contribution in [3.05, 3.63) is 29.3 Å². The molecule has 0 aliphatic carbocycles. The summed E-state index contributed by atoms with van der Waals surface area (Å²) in [4.78, 5) is 12.4. The van der Waals surface area contributed by atoms with Crippen LogP contribution in [0.1, 0.15) is 50.0 Å². The zero-order chi connectivity index (χ0) is 15.1. The fourth-order valence-electron chi connectivity index (χ4n) is 2.85. The number of carbonyl (C=O) groups is 1. The van der Waals surface area contributed by atoms with Crippen LogP contribution in [0.3, 0.4) is 0 Å². The second kappa shape index (κ2) is 4.77. The van der Waals surface area contributed by atoms with E-state index in [1.807, 2.05) is 46.8 Å². The van der Waals surface area contributed by atoms with Crippen LogP contribution in [-0.4, -0.2) is 23.3 Å². The van der Waals surface area contributed by atoms with Crippen molar-refractivity contribution < 1.29 is 14.3 Å². The van der Waals surface area contributed by atoms with Gasteiger partial charge in [-0.05, 0) is 46.2 Å². The van der Waals surface area contributed by atoms with Crippen molar-refractivity contribution in [1.82, 2.24) is 0 Å². The standard InChI is InChI=1S/C16H23NO3/c1-10-7-6-8-11(17)13(10)14(18)19-12-9-15(2,3)20-16(12,4)5/h6-8,12H,9,17H2,1-5H3. The fourth-order valence-corrected chi connectivity index (χ4v) is 2.85. The molecule has 2 N–H and O–H groups in total. The van der Waals surface area contributed by atoms with E-state index < -0.39 is 5.60 Å². The van der Waals surface area contributed by atoms with E-state index in [0.717, 1.165) is 5.56 Å². The number of rotatable bonds is 2. The van der Waals surface area contributed by atoms with Gasteiger partial charge in [0.1, 0.15) is 11.7 Å². The minimum absolute atomic E-state index is 0.274. The Morgan fingerprint density at radius 1 is 1.35 bits per heavy atom. The van der Waals surface area contributed by atoms with E-state index in [4.69, 9.17) is 15.2 Å². The van der Waals surface area contributed by atoms with Gasteiger partial charge >= 0.3 is 5.97 Å². The first-order valence-electron chi connectivity index (χ1n) is 6.89. The second-order valence-corrected chi connectivity index (χ2v) is 6.60. The van der Waals surface area contributed by atoms with Gasteiger partial charge in [-0.3, -0.25) is 0 Å². The zero-order valence-corrected chi connectivity index (χ0v) is 12.8. The molecule has 1 saturated heterocycles. The molecule has 0 bridgehead atoms. The monoisotopic (exact) mass is 277 g/mol. The lowest BCUT2D eigenvalue weighted by atomic mass is 9.97. The van der Waals surface area contributed by atoms with Gasteiger partial charge in [0.05, 0.1) is 11.2 Å². The Hall–Kier alpha value is -1.55. The minimum Gasteiger partial charge on any atom is -0.456 e. The van der Waals surface area contributed by atoms with Crippen LogP contribution in [0.2, 0.25) is 0 Å². The van der Waals surface area contributed by atoms with Gasteiger partial charge in [0.15, 0.2) is 0 Å². The van der Waals surface area contributed by atoms with Crippen molar-refractivity contribution in [1.29, 1.82) is 0 Å². The Balaban J connectivity index is 2.21. The SMILES string of the molecule is Cc1cccc(N)c1C(=O)OC1CC(C)(C)OC1(C)C. The van der Waals surface area contributed by atoms with Crippen LogP contribution in [0, 0.1) is 6.92 Å². The molecule has 0 spiro atoms. The van der Waals surface area contributed by atoms with E-state index in [1.165, 1.54) is 0 Å². The third-order valence-electron chi connectivity index (χ3n) is 3.75. The molecule has 4 heteroatoms. The van der Waals surface area contributed by atoms with Gasteiger partial charge in [-0.2, -0.15) is 0 Å². The summed E-state index contributed by atoms with van der Waals surface area (Å²) in [6.45, 7) is 9.75. The Kier molecular flexibility index (Phi) is 3.54. The quantitative estimate of drug-likeness (QED) is 0.666. The predicted octanol–water partition coefficient (Wildman–Crippen LogP) is 3.08. The van der Waals surface area contributed by atoms with Gasteiger partial charge < -0.3 is 15.2 Å². The summed E-state index contributed by atoms with van der Waals surface area (Å²) >= 11 is 0. The highest BCUT2D eigenvalue weighted by molar-refractivity contribution is 5.96. The summed E-state index contributed by atoms with van der Waals surface area (Å²) in [6.07, 6.45) is 0.404. The van der Waals surface area contributed by atoms with E-state index in [9.17, 15) is 4.79 Å². The molecule has 1 aliphatic rings. The molecule has 1 atom stereocenters. The normalized spacial score (nSPS) is 23.6. The highest BCUT2D eigenvalue weighted by atomic mass is 16.6. The molecule has 1 aliphatic heterocycles. The molecular formula is C16H23NO3. The van der Waals surface area contributed by atoms with Crippen LogP contribution < -0.4 is 5.73 Å². The second-order valence-electron chi connectivity index (χ2n) is 6.60. The van der Waals surface area contributed by atoms with Crippen molar-refractivity contribution in [3.8, 4) is 0 Å². The van der Waals surface area contributed by atoms with E-state index in [0.29, 0.717) is 17.7 Å². The molecule has 0 saturated carbocycles. The molecule has 0 amide bonds. The van der Waals surface area contributed by atoms with Gasteiger partial charge in [0.25, 0.3) is 0 Å². The molecule has 4 nitrogen and oxygen atoms in total. The summed E-state index contributed by atoms with van der Waals surface area (Å²) in [7, 11) is 0. The molecule has 1 aromatic rings. The highest BCUT2D eigenvalue weighted by Crippen LogP contribution is 2.39. The van der Waals surface area contributed by atoms with Crippen LogP contribution in [-0.2, 0) is 9.47 Å². The van der Waals surface area contributed by atoms with Crippen molar-refractivity contribution >= 4 is 11.7 Å². The lowest BCUT2D eigenvalue weighted by molar-refractivity contribution is -0.0924. The van der Waals surface area contributed by atoms with E-state index in [1.54, 1.807) is 6.07 Å². The van der Waals surface area contributed by atoms with Gasteiger partial charge in [0, 0.05) is 12.1 Å². The average molecular weight is 277 g/mol. The Bertz CT molecular complexity index is 514. The summed E-state index contributed by atoms with van der Waals surface area (Å²) in [5.41, 5.74) is 6.84. The van der Waals surface area contributed by atoms with Gasteiger partial charge in [-0.15, -0.1) is 0 Å². The van der Waals surface area contributed by atoms with Crippen molar-refractivity contribution in [2.24, 2.45) is 0 Å². The molecule has 0 radical (unpaired) electrons. The number of hydrogen-bond donors (Lipinski definition) is 1. The predicted molar refractivity (Wildman–Crippen MR) is 78.7 cm³/mol. The summed E-state index contributed by atoms with van der Waals surface area (Å²) in [5, 5.41) is 0. The van der Waals surface area contributed by atoms with Crippen molar-refractivity contribution in [2.45, 2.75) is 58.3 Å². The third kappa shape index (κ3) is 2.80. The maximum absolute atomic E-state index is 12.4. The minimum atomic E-state index is -0.489. The molecule has 0 aromatic heterocycles.